The van der Waals surface area contributed by atoms with Gasteiger partial charge in [-0.25, -0.2) is 0 Å². The van der Waals surface area contributed by atoms with E-state index in [1.807, 2.05) is 30.7 Å². The molecule has 0 unspecified atom stereocenters. The van der Waals surface area contributed by atoms with E-state index in [4.69, 9.17) is 18.0 Å². The van der Waals surface area contributed by atoms with Gasteiger partial charge in [-0.1, -0.05) is 33.1 Å². The van der Waals surface area contributed by atoms with Gasteiger partial charge < -0.3 is 20.9 Å². The zero-order valence-corrected chi connectivity index (χ0v) is 19.8. The summed E-state index contributed by atoms with van der Waals surface area (Å²) in [6, 6.07) is 1.64. The van der Waals surface area contributed by atoms with Crippen molar-refractivity contribution in [2.24, 2.45) is 11.7 Å². The minimum atomic E-state index is 0.0621. The Kier molecular flexibility index (Phi) is 11.5. The van der Waals surface area contributed by atoms with Gasteiger partial charge in [0.1, 0.15) is 0 Å². The fourth-order valence-corrected chi connectivity index (χ4v) is 4.31. The molecule has 2 saturated carbocycles. The third-order valence-electron chi connectivity index (χ3n) is 6.18. The molecule has 3 N–H and O–H groups in total. The molecule has 29 heavy (non-hydrogen) atoms. The van der Waals surface area contributed by atoms with Gasteiger partial charge in [-0.15, -0.1) is 0 Å². The zero-order valence-electron chi connectivity index (χ0n) is 19.0. The molecule has 0 bridgehead atoms. The Labute approximate surface area is 182 Å². The maximum atomic E-state index is 11.6. The van der Waals surface area contributed by atoms with Gasteiger partial charge in [-0.05, 0) is 64.6 Å². The van der Waals surface area contributed by atoms with Crippen LogP contribution < -0.4 is 11.1 Å². The number of hydrogen-bond acceptors (Lipinski definition) is 3. The molecule has 2 rings (SSSR count). The molecule has 168 valence electrons. The van der Waals surface area contributed by atoms with E-state index in [2.05, 4.69) is 19.2 Å². The number of amides is 2. The van der Waals surface area contributed by atoms with Crippen LogP contribution in [0.4, 0.5) is 0 Å². The minimum absolute atomic E-state index is 0.0621. The van der Waals surface area contributed by atoms with E-state index < -0.39 is 0 Å². The van der Waals surface area contributed by atoms with Crippen LogP contribution in [0.1, 0.15) is 85.5 Å². The fraction of sp³-hybridized carbons (Fsp3) is 0.864. The summed E-state index contributed by atoms with van der Waals surface area (Å²) in [5.41, 5.74) is 5.61. The van der Waals surface area contributed by atoms with Crippen molar-refractivity contribution in [2.75, 3.05) is 7.05 Å². The highest BCUT2D eigenvalue weighted by Gasteiger charge is 2.26. The van der Waals surface area contributed by atoms with Crippen LogP contribution in [-0.2, 0) is 9.59 Å². The maximum absolute atomic E-state index is 11.6. The Morgan fingerprint density at radius 3 is 1.97 bits per heavy atom. The minimum Gasteiger partial charge on any atom is -0.376 e. The third-order valence-corrected chi connectivity index (χ3v) is 6.47. The lowest BCUT2D eigenvalue weighted by Crippen LogP contribution is -2.46. The fourth-order valence-electron chi connectivity index (χ4n) is 4.16. The number of carbonyl (C=O) groups is 2. The molecule has 2 aliphatic carbocycles. The van der Waals surface area contributed by atoms with Crippen molar-refractivity contribution in [1.29, 1.82) is 0 Å². The van der Waals surface area contributed by atoms with Crippen LogP contribution in [0, 0.1) is 5.92 Å². The van der Waals surface area contributed by atoms with Gasteiger partial charge in [-0.2, -0.15) is 0 Å². The molecule has 6 nitrogen and oxygen atoms in total. The molecule has 0 aromatic heterocycles. The van der Waals surface area contributed by atoms with Crippen LogP contribution in [0.25, 0.3) is 0 Å². The van der Waals surface area contributed by atoms with Crippen molar-refractivity contribution in [1.82, 2.24) is 15.1 Å². The lowest BCUT2D eigenvalue weighted by atomic mass is 9.90. The van der Waals surface area contributed by atoms with Gasteiger partial charge in [0, 0.05) is 37.1 Å². The summed E-state index contributed by atoms with van der Waals surface area (Å²) in [6.45, 7) is 8.01. The standard InChI is InChI=1S/C12H23N3OS.C10H19NO/c1-8(2)11(16)14-9-4-6-10(7-5-9)15(3)12(13)17;1-9(2)11(8-12)10-6-4-3-5-7-10/h8-10H,4-7H2,1-3H3,(H2,13,17)(H,14,16);8-10H,3-7H2,1-2H3. The number of nitrogens with zero attached hydrogens (tertiary/aromatic N) is 2. The number of nitrogens with one attached hydrogen (secondary N) is 1. The molecule has 7 heteroatoms. The van der Waals surface area contributed by atoms with Crippen LogP contribution in [-0.4, -0.2) is 58.4 Å². The third kappa shape index (κ3) is 8.89. The zero-order chi connectivity index (χ0) is 22.0. The Hall–Kier alpha value is -1.37. The summed E-state index contributed by atoms with van der Waals surface area (Å²) in [5, 5.41) is 3.54. The van der Waals surface area contributed by atoms with E-state index in [0.29, 0.717) is 29.3 Å². The predicted molar refractivity (Wildman–Crippen MR) is 123 cm³/mol. The first-order chi connectivity index (χ1) is 13.7. The number of hydrogen-bond donors (Lipinski definition) is 2. The van der Waals surface area contributed by atoms with E-state index >= 15 is 0 Å². The van der Waals surface area contributed by atoms with E-state index in [0.717, 1.165) is 32.1 Å². The molecule has 0 aromatic rings. The van der Waals surface area contributed by atoms with Crippen LogP contribution >= 0.6 is 12.2 Å². The second-order valence-electron chi connectivity index (χ2n) is 9.06. The molecule has 2 fully saturated rings. The monoisotopic (exact) mass is 426 g/mol. The smallest absolute Gasteiger partial charge is 0.222 e. The van der Waals surface area contributed by atoms with Gasteiger partial charge in [0.25, 0.3) is 0 Å². The number of carbonyl (C=O) groups excluding carboxylic acids is 2. The summed E-state index contributed by atoms with van der Waals surface area (Å²) in [7, 11) is 1.94. The average Bonchev–Trinajstić information content (AvgIpc) is 2.69. The first-order valence-electron chi connectivity index (χ1n) is 11.2. The van der Waals surface area contributed by atoms with Crippen molar-refractivity contribution in [2.45, 2.75) is 110 Å². The molecule has 0 spiro atoms. The van der Waals surface area contributed by atoms with Gasteiger partial charge in [0.05, 0.1) is 0 Å². The van der Waals surface area contributed by atoms with E-state index in [-0.39, 0.29) is 11.8 Å². The second-order valence-corrected chi connectivity index (χ2v) is 9.47. The van der Waals surface area contributed by atoms with Crippen LogP contribution in [0.5, 0.6) is 0 Å². The highest BCUT2D eigenvalue weighted by molar-refractivity contribution is 7.80. The van der Waals surface area contributed by atoms with Crippen molar-refractivity contribution in [3.63, 3.8) is 0 Å². The molecule has 2 amide bonds. The normalized spacial score (nSPS) is 22.4. The van der Waals surface area contributed by atoms with E-state index in [9.17, 15) is 9.59 Å². The molecule has 0 aromatic carbocycles. The summed E-state index contributed by atoms with van der Waals surface area (Å²) < 4.78 is 0. The molecule has 0 heterocycles. The summed E-state index contributed by atoms with van der Waals surface area (Å²) in [4.78, 5) is 26.3. The number of nitrogens with two attached hydrogens (primary N) is 1. The summed E-state index contributed by atoms with van der Waals surface area (Å²) >= 11 is 4.97. The molecule has 0 saturated heterocycles. The van der Waals surface area contributed by atoms with Crippen LogP contribution in [0.15, 0.2) is 0 Å². The summed E-state index contributed by atoms with van der Waals surface area (Å²) in [6.07, 6.45) is 11.5. The molecular formula is C22H42N4O2S. The molecular weight excluding hydrogens is 384 g/mol. The van der Waals surface area contributed by atoms with Gasteiger partial charge in [0.15, 0.2) is 5.11 Å². The van der Waals surface area contributed by atoms with E-state index in [1.54, 1.807) is 0 Å². The van der Waals surface area contributed by atoms with Gasteiger partial charge in [0.2, 0.25) is 12.3 Å². The largest absolute Gasteiger partial charge is 0.376 e. The van der Waals surface area contributed by atoms with Crippen LogP contribution in [0.3, 0.4) is 0 Å². The number of rotatable bonds is 6. The summed E-state index contributed by atoms with van der Waals surface area (Å²) in [5.74, 6) is 0.211. The topological polar surface area (TPSA) is 78.7 Å². The second kappa shape index (κ2) is 13.0. The Morgan fingerprint density at radius 1 is 1.00 bits per heavy atom. The van der Waals surface area contributed by atoms with Crippen molar-refractivity contribution < 1.29 is 9.59 Å². The molecule has 0 aliphatic heterocycles. The molecule has 2 aliphatic rings. The average molecular weight is 427 g/mol. The predicted octanol–water partition coefficient (Wildman–Crippen LogP) is 3.43. The van der Waals surface area contributed by atoms with Crippen molar-refractivity contribution in [3.05, 3.63) is 0 Å². The van der Waals surface area contributed by atoms with Crippen molar-refractivity contribution in [3.8, 4) is 0 Å². The quantitative estimate of drug-likeness (QED) is 0.502. The molecule has 0 atom stereocenters. The highest BCUT2D eigenvalue weighted by Crippen LogP contribution is 2.23. The maximum Gasteiger partial charge on any atom is 0.222 e. The van der Waals surface area contributed by atoms with Gasteiger partial charge >= 0.3 is 0 Å². The lowest BCUT2D eigenvalue weighted by Gasteiger charge is -2.35. The van der Waals surface area contributed by atoms with Gasteiger partial charge in [-0.3, -0.25) is 9.59 Å². The van der Waals surface area contributed by atoms with E-state index in [1.165, 1.54) is 32.1 Å². The Bertz CT molecular complexity index is 513. The Morgan fingerprint density at radius 2 is 1.55 bits per heavy atom. The number of thiocarbonyl (C=S) groups is 1. The Balaban J connectivity index is 0.000000308. The molecule has 0 radical (unpaired) electrons. The highest BCUT2D eigenvalue weighted by atomic mass is 32.1. The lowest BCUT2D eigenvalue weighted by molar-refractivity contribution is -0.125. The van der Waals surface area contributed by atoms with Crippen LogP contribution in [0.2, 0.25) is 0 Å². The SMILES string of the molecule is CC(C)C(=O)NC1CCC(N(C)C(N)=S)CC1.CC(C)N(C=O)C1CCCCC1. The van der Waals surface area contributed by atoms with Crippen molar-refractivity contribution >= 4 is 29.6 Å². The first kappa shape index (κ1) is 25.7. The first-order valence-corrected chi connectivity index (χ1v) is 11.6.